The number of carbonyl (C=O) groups is 2. The normalized spacial score (nSPS) is 15.8. The standard InChI is InChI=1S/C20H21FN2O3/c1-12-3-6-18(13(2)9-12)26-8-7-22-20(25)16-11-19(24)23-17-10-14(21)4-5-15(16)17/h3-6,9-10,16H,7-8,11H2,1-2H3,(H,22,25)(H,23,24)/t16-/m0/s1. The highest BCUT2D eigenvalue weighted by atomic mass is 19.1. The Labute approximate surface area is 151 Å². The van der Waals surface area contributed by atoms with E-state index >= 15 is 0 Å². The van der Waals surface area contributed by atoms with Gasteiger partial charge >= 0.3 is 0 Å². The maximum Gasteiger partial charge on any atom is 0.228 e. The van der Waals surface area contributed by atoms with Crippen LogP contribution in [0.4, 0.5) is 10.1 Å². The van der Waals surface area contributed by atoms with Crippen LogP contribution < -0.4 is 15.4 Å². The Balaban J connectivity index is 1.58. The molecule has 0 aliphatic carbocycles. The highest BCUT2D eigenvalue weighted by molar-refractivity contribution is 6.01. The number of benzene rings is 2. The third-order valence-electron chi connectivity index (χ3n) is 4.36. The van der Waals surface area contributed by atoms with E-state index in [2.05, 4.69) is 10.6 Å². The van der Waals surface area contributed by atoms with Crippen LogP contribution in [0.5, 0.6) is 5.75 Å². The van der Waals surface area contributed by atoms with Crippen LogP contribution in [0.2, 0.25) is 0 Å². The summed E-state index contributed by atoms with van der Waals surface area (Å²) in [4.78, 5) is 24.3. The summed E-state index contributed by atoms with van der Waals surface area (Å²) in [7, 11) is 0. The minimum absolute atomic E-state index is 0.0440. The van der Waals surface area contributed by atoms with Crippen LogP contribution in [-0.2, 0) is 9.59 Å². The summed E-state index contributed by atoms with van der Waals surface area (Å²) in [5, 5.41) is 5.39. The van der Waals surface area contributed by atoms with Gasteiger partial charge in [-0.3, -0.25) is 9.59 Å². The Kier molecular flexibility index (Phi) is 5.21. The number of nitrogens with one attached hydrogen (secondary N) is 2. The van der Waals surface area contributed by atoms with Crippen molar-refractivity contribution >= 4 is 17.5 Å². The first-order valence-electron chi connectivity index (χ1n) is 8.51. The molecule has 0 radical (unpaired) electrons. The number of anilines is 1. The number of hydrogen-bond acceptors (Lipinski definition) is 3. The van der Waals surface area contributed by atoms with E-state index in [9.17, 15) is 14.0 Å². The molecule has 2 N–H and O–H groups in total. The molecule has 26 heavy (non-hydrogen) atoms. The molecule has 0 saturated heterocycles. The number of ether oxygens (including phenoxy) is 1. The van der Waals surface area contributed by atoms with Crippen molar-refractivity contribution in [1.29, 1.82) is 0 Å². The van der Waals surface area contributed by atoms with E-state index in [4.69, 9.17) is 4.74 Å². The van der Waals surface area contributed by atoms with Gasteiger partial charge in [-0.15, -0.1) is 0 Å². The molecule has 5 nitrogen and oxygen atoms in total. The molecule has 0 bridgehead atoms. The second kappa shape index (κ2) is 7.56. The third kappa shape index (κ3) is 4.02. The van der Waals surface area contributed by atoms with Gasteiger partial charge in [-0.25, -0.2) is 4.39 Å². The molecule has 1 aliphatic heterocycles. The average molecular weight is 356 g/mol. The Morgan fingerprint density at radius 1 is 1.27 bits per heavy atom. The Morgan fingerprint density at radius 2 is 2.08 bits per heavy atom. The highest BCUT2D eigenvalue weighted by Crippen LogP contribution is 2.32. The minimum atomic E-state index is -0.625. The van der Waals surface area contributed by atoms with Gasteiger partial charge in [-0.05, 0) is 43.2 Å². The van der Waals surface area contributed by atoms with Gasteiger partial charge in [0.25, 0.3) is 0 Å². The highest BCUT2D eigenvalue weighted by Gasteiger charge is 2.30. The van der Waals surface area contributed by atoms with E-state index < -0.39 is 11.7 Å². The zero-order chi connectivity index (χ0) is 18.7. The van der Waals surface area contributed by atoms with Crippen molar-refractivity contribution < 1.29 is 18.7 Å². The molecule has 1 heterocycles. The fourth-order valence-corrected chi connectivity index (χ4v) is 3.09. The molecule has 2 amide bonds. The fraction of sp³-hybridized carbons (Fsp3) is 0.300. The smallest absolute Gasteiger partial charge is 0.228 e. The number of aryl methyl sites for hydroxylation is 2. The maximum atomic E-state index is 13.3. The molecular formula is C20H21FN2O3. The van der Waals surface area contributed by atoms with Gasteiger partial charge in [0.2, 0.25) is 11.8 Å². The molecule has 0 saturated carbocycles. The molecule has 2 aromatic carbocycles. The Bertz CT molecular complexity index is 851. The van der Waals surface area contributed by atoms with Crippen molar-refractivity contribution in [2.24, 2.45) is 0 Å². The first-order valence-corrected chi connectivity index (χ1v) is 8.51. The van der Waals surface area contributed by atoms with E-state index in [-0.39, 0.29) is 18.2 Å². The predicted octanol–water partition coefficient (Wildman–Crippen LogP) is 3.06. The monoisotopic (exact) mass is 356 g/mol. The maximum absolute atomic E-state index is 13.3. The summed E-state index contributed by atoms with van der Waals surface area (Å²) < 4.78 is 19.0. The van der Waals surface area contributed by atoms with Crippen LogP contribution >= 0.6 is 0 Å². The number of halogens is 1. The van der Waals surface area contributed by atoms with Crippen molar-refractivity contribution in [3.8, 4) is 5.75 Å². The van der Waals surface area contributed by atoms with Crippen molar-refractivity contribution in [2.45, 2.75) is 26.2 Å². The fourth-order valence-electron chi connectivity index (χ4n) is 3.09. The van der Waals surface area contributed by atoms with Gasteiger partial charge in [0.1, 0.15) is 18.2 Å². The SMILES string of the molecule is Cc1ccc(OCCNC(=O)[C@H]2CC(=O)Nc3cc(F)ccc32)c(C)c1. The zero-order valence-electron chi connectivity index (χ0n) is 14.8. The Morgan fingerprint density at radius 3 is 2.85 bits per heavy atom. The molecular weight excluding hydrogens is 335 g/mol. The topological polar surface area (TPSA) is 67.4 Å². The predicted molar refractivity (Wildman–Crippen MR) is 96.8 cm³/mol. The molecule has 0 unspecified atom stereocenters. The van der Waals surface area contributed by atoms with Gasteiger partial charge in [0, 0.05) is 12.1 Å². The van der Waals surface area contributed by atoms with E-state index in [1.54, 1.807) is 6.07 Å². The summed E-state index contributed by atoms with van der Waals surface area (Å²) in [5.74, 6) is -0.859. The molecule has 136 valence electrons. The molecule has 0 aromatic heterocycles. The number of rotatable bonds is 5. The van der Waals surface area contributed by atoms with Crippen molar-refractivity contribution in [3.63, 3.8) is 0 Å². The summed E-state index contributed by atoms with van der Waals surface area (Å²) >= 11 is 0. The van der Waals surface area contributed by atoms with Crippen LogP contribution in [-0.4, -0.2) is 25.0 Å². The van der Waals surface area contributed by atoms with E-state index in [0.717, 1.165) is 16.9 Å². The molecule has 2 aromatic rings. The van der Waals surface area contributed by atoms with Gasteiger partial charge < -0.3 is 15.4 Å². The average Bonchev–Trinajstić information content (AvgIpc) is 2.58. The second-order valence-electron chi connectivity index (χ2n) is 6.44. The first kappa shape index (κ1) is 17.9. The molecule has 1 aliphatic rings. The molecule has 6 heteroatoms. The van der Waals surface area contributed by atoms with Crippen LogP contribution in [0.3, 0.4) is 0 Å². The van der Waals surface area contributed by atoms with Crippen LogP contribution in [0, 0.1) is 19.7 Å². The van der Waals surface area contributed by atoms with Crippen molar-refractivity contribution in [1.82, 2.24) is 5.32 Å². The lowest BCUT2D eigenvalue weighted by atomic mass is 9.89. The first-order chi connectivity index (χ1) is 12.4. The van der Waals surface area contributed by atoms with Crippen molar-refractivity contribution in [2.75, 3.05) is 18.5 Å². The summed E-state index contributed by atoms with van der Waals surface area (Å²) in [6.45, 7) is 4.63. The number of carbonyl (C=O) groups excluding carboxylic acids is 2. The lowest BCUT2D eigenvalue weighted by Crippen LogP contribution is -2.36. The molecule has 0 fully saturated rings. The number of amides is 2. The van der Waals surface area contributed by atoms with Crippen molar-refractivity contribution in [3.05, 3.63) is 58.9 Å². The quantitative estimate of drug-likeness (QED) is 0.809. The zero-order valence-corrected chi connectivity index (χ0v) is 14.8. The minimum Gasteiger partial charge on any atom is -0.491 e. The summed E-state index contributed by atoms with van der Waals surface area (Å²) in [6.07, 6.45) is 0.0440. The summed E-state index contributed by atoms with van der Waals surface area (Å²) in [6, 6.07) is 9.97. The van der Waals surface area contributed by atoms with Gasteiger partial charge in [-0.2, -0.15) is 0 Å². The van der Waals surface area contributed by atoms with E-state index in [1.807, 2.05) is 32.0 Å². The van der Waals surface area contributed by atoms with Crippen LogP contribution in [0.15, 0.2) is 36.4 Å². The van der Waals surface area contributed by atoms with Crippen LogP contribution in [0.1, 0.15) is 29.0 Å². The third-order valence-corrected chi connectivity index (χ3v) is 4.36. The Hall–Kier alpha value is -2.89. The summed E-state index contributed by atoms with van der Waals surface area (Å²) in [5.41, 5.74) is 3.18. The lowest BCUT2D eigenvalue weighted by molar-refractivity contribution is -0.126. The second-order valence-corrected chi connectivity index (χ2v) is 6.44. The largest absolute Gasteiger partial charge is 0.491 e. The van der Waals surface area contributed by atoms with Gasteiger partial charge in [0.15, 0.2) is 0 Å². The van der Waals surface area contributed by atoms with E-state index in [1.165, 1.54) is 12.1 Å². The van der Waals surface area contributed by atoms with Crippen LogP contribution in [0.25, 0.3) is 0 Å². The molecule has 1 atom stereocenters. The molecule has 0 spiro atoms. The van der Waals surface area contributed by atoms with E-state index in [0.29, 0.717) is 24.4 Å². The van der Waals surface area contributed by atoms with Gasteiger partial charge in [0.05, 0.1) is 12.5 Å². The molecule has 3 rings (SSSR count). The number of fused-ring (bicyclic) bond motifs is 1. The lowest BCUT2D eigenvalue weighted by Gasteiger charge is -2.25. The number of hydrogen-bond donors (Lipinski definition) is 2. The van der Waals surface area contributed by atoms with Gasteiger partial charge in [-0.1, -0.05) is 23.8 Å².